The standard InChI is InChI=1S/C14H17N3O3/c1-9(8-18)10(2)16-12-6-7-15-14-11(12)4-3-5-13(14)17(19)20/h3-7,9-10,18H,8H2,1-2H3,(H,15,16). The molecule has 2 rings (SSSR count). The first-order chi connectivity index (χ1) is 9.54. The summed E-state index contributed by atoms with van der Waals surface area (Å²) < 4.78 is 0. The minimum absolute atomic E-state index is 0.00555. The predicted octanol–water partition coefficient (Wildman–Crippen LogP) is 2.57. The lowest BCUT2D eigenvalue weighted by atomic mass is 10.0. The maximum atomic E-state index is 11.0. The van der Waals surface area contributed by atoms with Gasteiger partial charge in [0.1, 0.15) is 5.52 Å². The second-order valence-corrected chi connectivity index (χ2v) is 4.88. The summed E-state index contributed by atoms with van der Waals surface area (Å²) in [5.41, 5.74) is 1.15. The van der Waals surface area contributed by atoms with Crippen molar-refractivity contribution < 1.29 is 10.0 Å². The van der Waals surface area contributed by atoms with Gasteiger partial charge in [-0.05, 0) is 18.9 Å². The fourth-order valence-electron chi connectivity index (χ4n) is 1.98. The largest absolute Gasteiger partial charge is 0.396 e. The molecule has 0 fully saturated rings. The molecule has 2 atom stereocenters. The summed E-state index contributed by atoms with van der Waals surface area (Å²) in [6.45, 7) is 3.98. The average Bonchev–Trinajstić information content (AvgIpc) is 2.45. The van der Waals surface area contributed by atoms with Gasteiger partial charge >= 0.3 is 0 Å². The topological polar surface area (TPSA) is 88.3 Å². The predicted molar refractivity (Wildman–Crippen MR) is 77.7 cm³/mol. The third-order valence-corrected chi connectivity index (χ3v) is 3.47. The molecule has 6 heteroatoms. The van der Waals surface area contributed by atoms with Crippen LogP contribution in [-0.2, 0) is 0 Å². The van der Waals surface area contributed by atoms with E-state index in [9.17, 15) is 15.2 Å². The van der Waals surface area contributed by atoms with Crippen LogP contribution in [-0.4, -0.2) is 27.7 Å². The van der Waals surface area contributed by atoms with E-state index in [0.29, 0.717) is 10.9 Å². The Kier molecular flexibility index (Phi) is 4.14. The summed E-state index contributed by atoms with van der Waals surface area (Å²) in [7, 11) is 0. The first-order valence-corrected chi connectivity index (χ1v) is 6.44. The zero-order valence-electron chi connectivity index (χ0n) is 11.4. The third-order valence-electron chi connectivity index (χ3n) is 3.47. The molecule has 2 aromatic rings. The van der Waals surface area contributed by atoms with E-state index in [4.69, 9.17) is 0 Å². The number of fused-ring (bicyclic) bond motifs is 1. The molecule has 0 spiro atoms. The van der Waals surface area contributed by atoms with Gasteiger partial charge in [0.25, 0.3) is 5.69 Å². The van der Waals surface area contributed by atoms with E-state index in [0.717, 1.165) is 5.69 Å². The number of aliphatic hydroxyl groups is 1. The van der Waals surface area contributed by atoms with E-state index in [2.05, 4.69) is 10.3 Å². The first kappa shape index (κ1) is 14.2. The fraction of sp³-hybridized carbons (Fsp3) is 0.357. The quantitative estimate of drug-likeness (QED) is 0.646. The summed E-state index contributed by atoms with van der Waals surface area (Å²) in [5, 5.41) is 24.2. The van der Waals surface area contributed by atoms with Crippen molar-refractivity contribution in [2.45, 2.75) is 19.9 Å². The van der Waals surface area contributed by atoms with Crippen molar-refractivity contribution in [3.63, 3.8) is 0 Å². The molecule has 0 saturated carbocycles. The third kappa shape index (κ3) is 2.70. The van der Waals surface area contributed by atoms with Crippen molar-refractivity contribution in [3.05, 3.63) is 40.6 Å². The number of nitrogens with zero attached hydrogens (tertiary/aromatic N) is 2. The number of anilines is 1. The summed E-state index contributed by atoms with van der Waals surface area (Å²) in [6.07, 6.45) is 1.55. The molecule has 0 aliphatic rings. The fourth-order valence-corrected chi connectivity index (χ4v) is 1.98. The van der Waals surface area contributed by atoms with Crippen molar-refractivity contribution in [2.75, 3.05) is 11.9 Å². The van der Waals surface area contributed by atoms with Crippen LogP contribution in [0.5, 0.6) is 0 Å². The Morgan fingerprint density at radius 3 is 2.80 bits per heavy atom. The van der Waals surface area contributed by atoms with E-state index in [1.165, 1.54) is 6.07 Å². The second-order valence-electron chi connectivity index (χ2n) is 4.88. The van der Waals surface area contributed by atoms with Crippen LogP contribution in [0.1, 0.15) is 13.8 Å². The molecule has 2 unspecified atom stereocenters. The molecule has 0 amide bonds. The summed E-state index contributed by atoms with van der Waals surface area (Å²) in [6, 6.07) is 6.72. The van der Waals surface area contributed by atoms with Crippen LogP contribution in [0.25, 0.3) is 10.9 Å². The monoisotopic (exact) mass is 275 g/mol. The van der Waals surface area contributed by atoms with Crippen LogP contribution in [0.15, 0.2) is 30.5 Å². The van der Waals surface area contributed by atoms with Crippen LogP contribution in [0.3, 0.4) is 0 Å². The number of aromatic nitrogens is 1. The zero-order chi connectivity index (χ0) is 14.7. The Morgan fingerprint density at radius 2 is 2.15 bits per heavy atom. The van der Waals surface area contributed by atoms with E-state index in [1.807, 2.05) is 13.8 Å². The van der Waals surface area contributed by atoms with Crippen molar-refractivity contribution in [1.82, 2.24) is 4.98 Å². The number of nitro benzene ring substituents is 1. The number of benzene rings is 1. The molecule has 0 saturated heterocycles. The highest BCUT2D eigenvalue weighted by molar-refractivity contribution is 5.96. The molecular formula is C14H17N3O3. The highest BCUT2D eigenvalue weighted by atomic mass is 16.6. The van der Waals surface area contributed by atoms with Crippen LogP contribution >= 0.6 is 0 Å². The lowest BCUT2D eigenvalue weighted by Crippen LogP contribution is -2.26. The Hall–Kier alpha value is -2.21. The number of nitro groups is 1. The molecule has 1 aromatic heterocycles. The Balaban J connectivity index is 2.45. The van der Waals surface area contributed by atoms with Crippen molar-refractivity contribution >= 4 is 22.3 Å². The smallest absolute Gasteiger partial charge is 0.295 e. The summed E-state index contributed by atoms with van der Waals surface area (Å²) >= 11 is 0. The molecule has 20 heavy (non-hydrogen) atoms. The average molecular weight is 275 g/mol. The number of aliphatic hydroxyl groups excluding tert-OH is 1. The second kappa shape index (κ2) is 5.83. The van der Waals surface area contributed by atoms with Crippen molar-refractivity contribution in [3.8, 4) is 0 Å². The summed E-state index contributed by atoms with van der Waals surface area (Å²) in [4.78, 5) is 14.7. The Bertz CT molecular complexity index is 630. The van der Waals surface area contributed by atoms with Gasteiger partial charge in [-0.1, -0.05) is 19.1 Å². The Labute approximate surface area is 116 Å². The van der Waals surface area contributed by atoms with Gasteiger partial charge in [0.2, 0.25) is 0 Å². The van der Waals surface area contributed by atoms with Gasteiger partial charge in [0.05, 0.1) is 4.92 Å². The molecule has 0 bridgehead atoms. The van der Waals surface area contributed by atoms with Crippen LogP contribution in [0.4, 0.5) is 11.4 Å². The van der Waals surface area contributed by atoms with E-state index < -0.39 is 4.92 Å². The van der Waals surface area contributed by atoms with Gasteiger partial charge in [-0.2, -0.15) is 0 Å². The number of non-ortho nitro benzene ring substituents is 1. The normalized spacial score (nSPS) is 13.9. The van der Waals surface area contributed by atoms with Crippen molar-refractivity contribution in [1.29, 1.82) is 0 Å². The maximum absolute atomic E-state index is 11.0. The van der Waals surface area contributed by atoms with Gasteiger partial charge in [-0.15, -0.1) is 0 Å². The number of hydrogen-bond acceptors (Lipinski definition) is 5. The molecule has 0 radical (unpaired) electrons. The van der Waals surface area contributed by atoms with Gasteiger partial charge in [0.15, 0.2) is 0 Å². The SMILES string of the molecule is CC(CO)C(C)Nc1ccnc2c([N+](=O)[O-])cccc12. The zero-order valence-corrected chi connectivity index (χ0v) is 11.4. The van der Waals surface area contributed by atoms with Crippen LogP contribution in [0.2, 0.25) is 0 Å². The van der Waals surface area contributed by atoms with E-state index in [1.54, 1.807) is 24.4 Å². The Morgan fingerprint density at radius 1 is 1.40 bits per heavy atom. The minimum Gasteiger partial charge on any atom is -0.396 e. The molecule has 0 aliphatic carbocycles. The van der Waals surface area contributed by atoms with Crippen LogP contribution in [0, 0.1) is 16.0 Å². The number of para-hydroxylation sites is 1. The minimum atomic E-state index is -0.432. The van der Waals surface area contributed by atoms with E-state index in [-0.39, 0.29) is 24.3 Å². The number of rotatable bonds is 5. The molecule has 1 heterocycles. The van der Waals surface area contributed by atoms with Gasteiger partial charge in [0, 0.05) is 36.0 Å². The van der Waals surface area contributed by atoms with E-state index >= 15 is 0 Å². The molecule has 1 aromatic carbocycles. The number of pyridine rings is 1. The molecule has 0 aliphatic heterocycles. The van der Waals surface area contributed by atoms with Gasteiger partial charge in [-0.25, -0.2) is 4.98 Å². The van der Waals surface area contributed by atoms with Gasteiger partial charge < -0.3 is 10.4 Å². The number of nitrogens with one attached hydrogen (secondary N) is 1. The lowest BCUT2D eigenvalue weighted by Gasteiger charge is -2.21. The molecule has 106 valence electrons. The van der Waals surface area contributed by atoms with Crippen molar-refractivity contribution in [2.24, 2.45) is 5.92 Å². The molecule has 6 nitrogen and oxygen atoms in total. The lowest BCUT2D eigenvalue weighted by molar-refractivity contribution is -0.383. The highest BCUT2D eigenvalue weighted by Gasteiger charge is 2.16. The van der Waals surface area contributed by atoms with Gasteiger partial charge in [-0.3, -0.25) is 10.1 Å². The molecular weight excluding hydrogens is 258 g/mol. The first-order valence-electron chi connectivity index (χ1n) is 6.44. The van der Waals surface area contributed by atoms with Crippen LogP contribution < -0.4 is 5.32 Å². The molecule has 2 N–H and O–H groups in total. The highest BCUT2D eigenvalue weighted by Crippen LogP contribution is 2.29. The summed E-state index contributed by atoms with van der Waals surface area (Å²) in [5.74, 6) is 0.0805. The maximum Gasteiger partial charge on any atom is 0.295 e. The number of hydrogen-bond donors (Lipinski definition) is 2.